The minimum Gasteiger partial charge on any atom is -0.432 e. The van der Waals surface area contributed by atoms with Gasteiger partial charge in [0, 0.05) is 13.6 Å². The third-order valence-corrected chi connectivity index (χ3v) is 4.67. The van der Waals surface area contributed by atoms with E-state index in [1.54, 1.807) is 6.26 Å². The van der Waals surface area contributed by atoms with E-state index in [9.17, 15) is 0 Å². The predicted octanol–water partition coefficient (Wildman–Crippen LogP) is 3.29. The molecule has 2 aliphatic rings. The van der Waals surface area contributed by atoms with E-state index in [1.807, 2.05) is 0 Å². The SMILES string of the molecule is CN(CC1CC2CCC1C2)c1nc(CCl)co1. The molecular formula is C13H19ClN2O. The van der Waals surface area contributed by atoms with Crippen LogP contribution in [0, 0.1) is 17.8 Å². The molecule has 2 fully saturated rings. The summed E-state index contributed by atoms with van der Waals surface area (Å²) in [5.74, 6) is 3.21. The fourth-order valence-electron chi connectivity index (χ4n) is 3.56. The number of hydrogen-bond acceptors (Lipinski definition) is 3. The molecule has 3 unspecified atom stereocenters. The molecule has 94 valence electrons. The number of rotatable bonds is 4. The topological polar surface area (TPSA) is 29.3 Å². The molecule has 4 heteroatoms. The molecule has 3 atom stereocenters. The average molecular weight is 255 g/mol. The van der Waals surface area contributed by atoms with E-state index in [4.69, 9.17) is 16.0 Å². The van der Waals surface area contributed by atoms with Crippen LogP contribution in [0.25, 0.3) is 0 Å². The van der Waals surface area contributed by atoms with Gasteiger partial charge in [-0.05, 0) is 37.0 Å². The fourth-order valence-corrected chi connectivity index (χ4v) is 3.69. The van der Waals surface area contributed by atoms with Gasteiger partial charge in [-0.2, -0.15) is 4.98 Å². The monoisotopic (exact) mass is 254 g/mol. The van der Waals surface area contributed by atoms with Crippen molar-refractivity contribution in [2.45, 2.75) is 31.6 Å². The Labute approximate surface area is 107 Å². The largest absolute Gasteiger partial charge is 0.432 e. The molecule has 1 heterocycles. The Hall–Kier alpha value is -0.700. The molecule has 2 bridgehead atoms. The molecule has 1 aromatic rings. The van der Waals surface area contributed by atoms with E-state index in [-0.39, 0.29) is 0 Å². The summed E-state index contributed by atoms with van der Waals surface area (Å²) in [5, 5.41) is 0. The minimum atomic E-state index is 0.422. The molecule has 2 aliphatic carbocycles. The van der Waals surface area contributed by atoms with Gasteiger partial charge in [0.15, 0.2) is 0 Å². The first-order valence-corrected chi connectivity index (χ1v) is 7.01. The average Bonchev–Trinajstić information content (AvgIpc) is 3.04. The highest BCUT2D eigenvalue weighted by atomic mass is 35.5. The quantitative estimate of drug-likeness (QED) is 0.773. The molecule has 0 radical (unpaired) electrons. The number of halogens is 1. The van der Waals surface area contributed by atoms with Crippen LogP contribution >= 0.6 is 11.6 Å². The molecule has 3 nitrogen and oxygen atoms in total. The second-order valence-electron chi connectivity index (χ2n) is 5.57. The van der Waals surface area contributed by atoms with Crippen LogP contribution in [-0.4, -0.2) is 18.6 Å². The maximum atomic E-state index is 5.73. The number of alkyl halides is 1. The van der Waals surface area contributed by atoms with Crippen molar-refractivity contribution in [3.63, 3.8) is 0 Å². The van der Waals surface area contributed by atoms with E-state index in [2.05, 4.69) is 16.9 Å². The maximum absolute atomic E-state index is 5.73. The van der Waals surface area contributed by atoms with Crippen molar-refractivity contribution in [1.29, 1.82) is 0 Å². The van der Waals surface area contributed by atoms with Gasteiger partial charge in [0.2, 0.25) is 0 Å². The Kier molecular flexibility index (Phi) is 3.03. The molecule has 0 spiro atoms. The van der Waals surface area contributed by atoms with E-state index < -0.39 is 0 Å². The van der Waals surface area contributed by atoms with Crippen molar-refractivity contribution >= 4 is 17.6 Å². The lowest BCUT2D eigenvalue weighted by atomic mass is 9.88. The van der Waals surface area contributed by atoms with Crippen molar-refractivity contribution < 1.29 is 4.42 Å². The van der Waals surface area contributed by atoms with Crippen LogP contribution in [-0.2, 0) is 5.88 Å². The number of oxazole rings is 1. The van der Waals surface area contributed by atoms with Gasteiger partial charge in [-0.25, -0.2) is 0 Å². The lowest BCUT2D eigenvalue weighted by molar-refractivity contribution is 0.332. The van der Waals surface area contributed by atoms with Crippen LogP contribution in [0.2, 0.25) is 0 Å². The maximum Gasteiger partial charge on any atom is 0.297 e. The van der Waals surface area contributed by atoms with Crippen LogP contribution < -0.4 is 4.90 Å². The Balaban J connectivity index is 1.61. The third-order valence-electron chi connectivity index (χ3n) is 4.40. The Morgan fingerprint density at radius 1 is 1.47 bits per heavy atom. The van der Waals surface area contributed by atoms with Crippen molar-refractivity contribution in [1.82, 2.24) is 4.98 Å². The predicted molar refractivity (Wildman–Crippen MR) is 68.3 cm³/mol. The normalized spacial score (nSPS) is 31.1. The molecule has 0 aliphatic heterocycles. The van der Waals surface area contributed by atoms with Crippen molar-refractivity contribution in [3.8, 4) is 0 Å². The van der Waals surface area contributed by atoms with Crippen LogP contribution in [0.15, 0.2) is 10.7 Å². The first kappa shape index (κ1) is 11.4. The Morgan fingerprint density at radius 3 is 2.94 bits per heavy atom. The molecule has 0 amide bonds. The van der Waals surface area contributed by atoms with E-state index in [0.717, 1.165) is 30.0 Å². The van der Waals surface area contributed by atoms with Gasteiger partial charge in [0.1, 0.15) is 6.26 Å². The first-order valence-electron chi connectivity index (χ1n) is 6.47. The zero-order valence-electron chi connectivity index (χ0n) is 10.2. The summed E-state index contributed by atoms with van der Waals surface area (Å²) in [4.78, 5) is 6.50. The van der Waals surface area contributed by atoms with Gasteiger partial charge in [0.05, 0.1) is 11.6 Å². The number of anilines is 1. The van der Waals surface area contributed by atoms with E-state index >= 15 is 0 Å². The highest BCUT2D eigenvalue weighted by molar-refractivity contribution is 6.16. The number of hydrogen-bond donors (Lipinski definition) is 0. The lowest BCUT2D eigenvalue weighted by Gasteiger charge is -2.26. The molecule has 0 saturated heterocycles. The minimum absolute atomic E-state index is 0.422. The second-order valence-corrected chi connectivity index (χ2v) is 5.84. The van der Waals surface area contributed by atoms with Crippen LogP contribution in [0.1, 0.15) is 31.4 Å². The third kappa shape index (κ3) is 2.17. The highest BCUT2D eigenvalue weighted by Gasteiger charge is 2.39. The smallest absolute Gasteiger partial charge is 0.297 e. The van der Waals surface area contributed by atoms with Crippen molar-refractivity contribution in [2.24, 2.45) is 17.8 Å². The lowest BCUT2D eigenvalue weighted by Crippen LogP contribution is -2.28. The molecule has 0 N–H and O–H groups in total. The number of aromatic nitrogens is 1. The standard InChI is InChI=1S/C13H19ClN2O/c1-16(13-15-12(6-14)8-17-13)7-11-5-9-2-3-10(11)4-9/h8-11H,2-7H2,1H3. The molecule has 2 saturated carbocycles. The first-order chi connectivity index (χ1) is 8.26. The molecule has 3 rings (SSSR count). The van der Waals surface area contributed by atoms with Gasteiger partial charge < -0.3 is 9.32 Å². The highest BCUT2D eigenvalue weighted by Crippen LogP contribution is 2.48. The van der Waals surface area contributed by atoms with Gasteiger partial charge in [-0.3, -0.25) is 0 Å². The Bertz CT molecular complexity index is 393. The summed E-state index contributed by atoms with van der Waals surface area (Å²) >= 11 is 5.73. The molecular weight excluding hydrogens is 236 g/mol. The van der Waals surface area contributed by atoms with Crippen LogP contribution in [0.3, 0.4) is 0 Å². The van der Waals surface area contributed by atoms with Gasteiger partial charge in [0.25, 0.3) is 6.01 Å². The van der Waals surface area contributed by atoms with Gasteiger partial charge in [-0.1, -0.05) is 6.42 Å². The summed E-state index contributed by atoms with van der Waals surface area (Å²) in [6.07, 6.45) is 7.40. The summed E-state index contributed by atoms with van der Waals surface area (Å²) in [6.45, 7) is 1.07. The van der Waals surface area contributed by atoms with Crippen molar-refractivity contribution in [2.75, 3.05) is 18.5 Å². The molecule has 17 heavy (non-hydrogen) atoms. The van der Waals surface area contributed by atoms with Gasteiger partial charge >= 0.3 is 0 Å². The fraction of sp³-hybridized carbons (Fsp3) is 0.769. The second kappa shape index (κ2) is 4.52. The molecule has 1 aromatic heterocycles. The summed E-state index contributed by atoms with van der Waals surface area (Å²) in [7, 11) is 2.07. The number of fused-ring (bicyclic) bond motifs is 2. The van der Waals surface area contributed by atoms with E-state index in [0.29, 0.717) is 11.9 Å². The van der Waals surface area contributed by atoms with Crippen molar-refractivity contribution in [3.05, 3.63) is 12.0 Å². The number of nitrogens with zero attached hydrogens (tertiary/aromatic N) is 2. The molecule has 0 aromatic carbocycles. The summed E-state index contributed by atoms with van der Waals surface area (Å²) in [6, 6.07) is 0.712. The van der Waals surface area contributed by atoms with E-state index in [1.165, 1.54) is 25.7 Å². The zero-order chi connectivity index (χ0) is 11.8. The van der Waals surface area contributed by atoms with Crippen LogP contribution in [0.5, 0.6) is 0 Å². The summed E-state index contributed by atoms with van der Waals surface area (Å²) in [5.41, 5.74) is 0.821. The Morgan fingerprint density at radius 2 is 2.35 bits per heavy atom. The zero-order valence-corrected chi connectivity index (χ0v) is 11.0. The van der Waals surface area contributed by atoms with Gasteiger partial charge in [-0.15, -0.1) is 11.6 Å². The van der Waals surface area contributed by atoms with Crippen LogP contribution in [0.4, 0.5) is 6.01 Å². The summed E-state index contributed by atoms with van der Waals surface area (Å²) < 4.78 is 5.44.